The van der Waals surface area contributed by atoms with E-state index in [9.17, 15) is 19.2 Å². The van der Waals surface area contributed by atoms with Crippen LogP contribution >= 0.6 is 0 Å². The van der Waals surface area contributed by atoms with E-state index in [0.717, 1.165) is 34.4 Å². The lowest BCUT2D eigenvalue weighted by Gasteiger charge is -2.21. The number of carbonyl (C=O) groups is 4. The first-order valence-corrected chi connectivity index (χ1v) is 12.0. The first-order chi connectivity index (χ1) is 17.7. The van der Waals surface area contributed by atoms with Gasteiger partial charge >= 0.3 is 12.1 Å². The first kappa shape index (κ1) is 25.7. The van der Waals surface area contributed by atoms with Gasteiger partial charge in [-0.05, 0) is 65.8 Å². The molecular weight excluding hydrogens is 474 g/mol. The number of carbonyl (C=O) groups excluding carboxylic acids is 4. The summed E-state index contributed by atoms with van der Waals surface area (Å²) < 4.78 is 5.33. The van der Waals surface area contributed by atoms with Crippen LogP contribution in [0.3, 0.4) is 0 Å². The van der Waals surface area contributed by atoms with E-state index in [-0.39, 0.29) is 6.54 Å². The molecule has 10 nitrogen and oxygen atoms in total. The predicted molar refractivity (Wildman–Crippen MR) is 136 cm³/mol. The number of benzene rings is 2. The molecule has 2 aliphatic rings. The molecule has 10 heteroatoms. The molecule has 1 aliphatic heterocycles. The molecule has 6 amide bonds. The number of aryl methyl sites for hydroxylation is 2. The Morgan fingerprint density at radius 3 is 2.68 bits per heavy atom. The molecule has 192 valence electrons. The Balaban J connectivity index is 1.52. The summed E-state index contributed by atoms with van der Waals surface area (Å²) in [5.41, 5.74) is 8.21. The van der Waals surface area contributed by atoms with Crippen LogP contribution in [0.5, 0.6) is 5.75 Å². The molecular formula is C27H29N5O5. The Kier molecular flexibility index (Phi) is 7.45. The number of nitrogens with one attached hydrogen (secondary N) is 4. The first-order valence-electron chi connectivity index (χ1n) is 12.0. The van der Waals surface area contributed by atoms with Crippen LogP contribution < -0.4 is 31.7 Å². The SMILES string of the molecule is CCc1ccc(OC)cc1CNCC1(C#Cc2ccc3c(c2)CCC3C(=O)NC(N)=O)NC(=O)NC1=O. The number of hydrogen-bond acceptors (Lipinski definition) is 6. The van der Waals surface area contributed by atoms with Gasteiger partial charge in [-0.3, -0.25) is 20.2 Å². The molecule has 37 heavy (non-hydrogen) atoms. The second-order valence-corrected chi connectivity index (χ2v) is 9.01. The minimum absolute atomic E-state index is 0.0955. The number of rotatable bonds is 7. The molecule has 2 aromatic rings. The molecule has 0 radical (unpaired) electrons. The van der Waals surface area contributed by atoms with Crippen molar-refractivity contribution in [1.82, 2.24) is 21.3 Å². The molecule has 4 rings (SSSR count). The maximum atomic E-state index is 12.7. The van der Waals surface area contributed by atoms with Crippen molar-refractivity contribution >= 4 is 23.9 Å². The summed E-state index contributed by atoms with van der Waals surface area (Å²) in [6, 6.07) is 9.78. The predicted octanol–water partition coefficient (Wildman–Crippen LogP) is 1.20. The fraction of sp³-hybridized carbons (Fsp3) is 0.333. The van der Waals surface area contributed by atoms with Crippen molar-refractivity contribution in [2.24, 2.45) is 5.73 Å². The maximum absolute atomic E-state index is 12.7. The van der Waals surface area contributed by atoms with E-state index in [0.29, 0.717) is 24.9 Å². The van der Waals surface area contributed by atoms with Crippen LogP contribution in [0.25, 0.3) is 0 Å². The maximum Gasteiger partial charge on any atom is 0.323 e. The lowest BCUT2D eigenvalue weighted by atomic mass is 9.97. The summed E-state index contributed by atoms with van der Waals surface area (Å²) in [6.07, 6.45) is 2.04. The summed E-state index contributed by atoms with van der Waals surface area (Å²) >= 11 is 0. The molecule has 2 atom stereocenters. The van der Waals surface area contributed by atoms with Crippen LogP contribution in [-0.4, -0.2) is 43.1 Å². The van der Waals surface area contributed by atoms with Gasteiger partial charge in [0.25, 0.3) is 5.91 Å². The number of urea groups is 2. The van der Waals surface area contributed by atoms with Gasteiger partial charge in [-0.2, -0.15) is 0 Å². The normalized spacial score (nSPS) is 19.8. The minimum atomic E-state index is -1.44. The summed E-state index contributed by atoms with van der Waals surface area (Å²) in [4.78, 5) is 48.0. The number of methoxy groups -OCH3 is 1. The molecule has 2 unspecified atom stereocenters. The topological polar surface area (TPSA) is 152 Å². The zero-order chi connectivity index (χ0) is 26.6. The van der Waals surface area contributed by atoms with Crippen molar-refractivity contribution in [3.8, 4) is 17.6 Å². The van der Waals surface area contributed by atoms with Crippen LogP contribution in [0.4, 0.5) is 9.59 Å². The molecule has 0 spiro atoms. The Bertz CT molecular complexity index is 1330. The number of hydrogen-bond donors (Lipinski definition) is 5. The highest BCUT2D eigenvalue weighted by molar-refractivity contribution is 6.09. The Labute approximate surface area is 214 Å². The van der Waals surface area contributed by atoms with Gasteiger partial charge < -0.3 is 21.1 Å². The lowest BCUT2D eigenvalue weighted by Crippen LogP contribution is -2.53. The monoisotopic (exact) mass is 503 g/mol. The minimum Gasteiger partial charge on any atom is -0.497 e. The van der Waals surface area contributed by atoms with Crippen LogP contribution in [0, 0.1) is 11.8 Å². The second-order valence-electron chi connectivity index (χ2n) is 9.01. The van der Waals surface area contributed by atoms with E-state index in [1.165, 1.54) is 0 Å². The molecule has 2 aromatic carbocycles. The highest BCUT2D eigenvalue weighted by Gasteiger charge is 2.45. The van der Waals surface area contributed by atoms with Crippen molar-refractivity contribution in [2.45, 2.75) is 44.2 Å². The smallest absolute Gasteiger partial charge is 0.323 e. The fourth-order valence-corrected chi connectivity index (χ4v) is 4.73. The van der Waals surface area contributed by atoms with Gasteiger partial charge in [0, 0.05) is 18.7 Å². The lowest BCUT2D eigenvalue weighted by molar-refractivity contribution is -0.122. The molecule has 1 heterocycles. The van der Waals surface area contributed by atoms with E-state index in [2.05, 4.69) is 40.0 Å². The fourth-order valence-electron chi connectivity index (χ4n) is 4.73. The number of ether oxygens (including phenoxy) is 1. The van der Waals surface area contributed by atoms with Gasteiger partial charge in [0.1, 0.15) is 5.75 Å². The van der Waals surface area contributed by atoms with Crippen LogP contribution in [0.15, 0.2) is 36.4 Å². The molecule has 1 saturated heterocycles. The van der Waals surface area contributed by atoms with Gasteiger partial charge in [-0.1, -0.05) is 30.9 Å². The summed E-state index contributed by atoms with van der Waals surface area (Å²) in [5.74, 6) is 5.30. The third kappa shape index (κ3) is 5.57. The van der Waals surface area contributed by atoms with Gasteiger partial charge in [-0.25, -0.2) is 9.59 Å². The van der Waals surface area contributed by atoms with Crippen molar-refractivity contribution in [2.75, 3.05) is 13.7 Å². The van der Waals surface area contributed by atoms with Crippen LogP contribution in [-0.2, 0) is 29.0 Å². The second kappa shape index (κ2) is 10.7. The molecule has 0 saturated carbocycles. The quantitative estimate of drug-likeness (QED) is 0.283. The van der Waals surface area contributed by atoms with Crippen molar-refractivity contribution in [1.29, 1.82) is 0 Å². The van der Waals surface area contributed by atoms with Gasteiger partial charge in [0.2, 0.25) is 5.91 Å². The van der Waals surface area contributed by atoms with Gasteiger partial charge in [0.15, 0.2) is 5.54 Å². The van der Waals surface area contributed by atoms with E-state index in [4.69, 9.17) is 10.5 Å². The van der Waals surface area contributed by atoms with Crippen molar-refractivity contribution in [3.05, 3.63) is 64.2 Å². The van der Waals surface area contributed by atoms with E-state index < -0.39 is 35.3 Å². The van der Waals surface area contributed by atoms with Crippen LogP contribution in [0.1, 0.15) is 47.1 Å². The Hall–Kier alpha value is -4.36. The number of imide groups is 2. The average Bonchev–Trinajstić information content (AvgIpc) is 3.42. The zero-order valence-corrected chi connectivity index (χ0v) is 20.7. The molecule has 0 bridgehead atoms. The third-order valence-corrected chi connectivity index (χ3v) is 6.65. The van der Waals surface area contributed by atoms with Crippen molar-refractivity contribution in [3.63, 3.8) is 0 Å². The van der Waals surface area contributed by atoms with Crippen LogP contribution in [0.2, 0.25) is 0 Å². The van der Waals surface area contributed by atoms with E-state index in [1.807, 2.05) is 24.3 Å². The zero-order valence-electron chi connectivity index (χ0n) is 20.7. The number of fused-ring (bicyclic) bond motifs is 1. The molecule has 1 fully saturated rings. The highest BCUT2D eigenvalue weighted by atomic mass is 16.5. The highest BCUT2D eigenvalue weighted by Crippen LogP contribution is 2.33. The number of primary amides is 1. The summed E-state index contributed by atoms with van der Waals surface area (Å²) in [5, 5.41) is 10.3. The van der Waals surface area contributed by atoms with E-state index >= 15 is 0 Å². The van der Waals surface area contributed by atoms with Crippen molar-refractivity contribution < 1.29 is 23.9 Å². The molecule has 0 aromatic heterocycles. The van der Waals surface area contributed by atoms with E-state index in [1.54, 1.807) is 19.2 Å². The Morgan fingerprint density at radius 2 is 2.00 bits per heavy atom. The van der Waals surface area contributed by atoms with Gasteiger partial charge in [0.05, 0.1) is 13.0 Å². The Morgan fingerprint density at radius 1 is 1.19 bits per heavy atom. The standard InChI is InChI=1S/C27H29N5O5/c1-3-17-5-7-20(37-2)13-19(17)14-29-15-27(24(34)31-26(36)32-27)11-10-16-4-8-21-18(12-16)6-9-22(21)23(33)30-25(28)35/h4-5,7-8,12-13,22,29H,3,6,9,14-15H2,1-2H3,(H3,28,30,33,35)(H2,31,32,34,36). The summed E-state index contributed by atoms with van der Waals surface area (Å²) in [7, 11) is 1.61. The number of nitrogens with two attached hydrogens (primary N) is 1. The number of amides is 6. The van der Waals surface area contributed by atoms with Gasteiger partial charge in [-0.15, -0.1) is 0 Å². The third-order valence-electron chi connectivity index (χ3n) is 6.65. The largest absolute Gasteiger partial charge is 0.497 e. The summed E-state index contributed by atoms with van der Waals surface area (Å²) in [6.45, 7) is 2.62. The molecule has 1 aliphatic carbocycles. The average molecular weight is 504 g/mol. The molecule has 6 N–H and O–H groups in total.